The predicted molar refractivity (Wildman–Crippen MR) is 118 cm³/mol. The highest BCUT2D eigenvalue weighted by Gasteiger charge is 2.62. The highest BCUT2D eigenvalue weighted by Crippen LogP contribution is 2.49. The van der Waals surface area contributed by atoms with Gasteiger partial charge in [-0.2, -0.15) is 0 Å². The van der Waals surface area contributed by atoms with Crippen molar-refractivity contribution in [1.82, 2.24) is 0 Å². The molecule has 158 valence electrons. The summed E-state index contributed by atoms with van der Waals surface area (Å²) in [5.41, 5.74) is 3.25. The van der Waals surface area contributed by atoms with Crippen LogP contribution in [0.15, 0.2) is 58.7 Å². The molecule has 0 amide bonds. The molecule has 7 nitrogen and oxygen atoms in total. The smallest absolute Gasteiger partial charge is 0.195 e. The first-order valence-corrected chi connectivity index (χ1v) is 10.2. The second kappa shape index (κ2) is 6.97. The Hall–Kier alpha value is -3.61. The van der Waals surface area contributed by atoms with Crippen molar-refractivity contribution in [2.24, 2.45) is 4.99 Å². The largest absolute Gasteiger partial charge is 0.497 e. The summed E-state index contributed by atoms with van der Waals surface area (Å²) in [6.07, 6.45) is 0.942. The molecule has 1 saturated carbocycles. The van der Waals surface area contributed by atoms with Crippen LogP contribution in [0.3, 0.4) is 0 Å². The van der Waals surface area contributed by atoms with Gasteiger partial charge in [0.05, 0.1) is 25.5 Å². The van der Waals surface area contributed by atoms with Gasteiger partial charge in [0.2, 0.25) is 0 Å². The Morgan fingerprint density at radius 2 is 1.71 bits per heavy atom. The summed E-state index contributed by atoms with van der Waals surface area (Å²) >= 11 is 0. The first-order chi connectivity index (χ1) is 15.0. The summed E-state index contributed by atoms with van der Waals surface area (Å²) in [4.78, 5) is 32.4. The first-order valence-electron chi connectivity index (χ1n) is 10.2. The van der Waals surface area contributed by atoms with Crippen LogP contribution in [-0.4, -0.2) is 44.2 Å². The van der Waals surface area contributed by atoms with Gasteiger partial charge in [0.25, 0.3) is 0 Å². The average Bonchev–Trinajstić information content (AvgIpc) is 3.29. The van der Waals surface area contributed by atoms with Crippen molar-refractivity contribution in [3.63, 3.8) is 0 Å². The van der Waals surface area contributed by atoms with Gasteiger partial charge in [-0.05, 0) is 11.6 Å². The maximum Gasteiger partial charge on any atom is 0.195 e. The van der Waals surface area contributed by atoms with E-state index in [1.807, 2.05) is 41.3 Å². The number of para-hydroxylation sites is 1. The molecule has 1 N–H and O–H groups in total. The molecule has 2 heterocycles. The molecule has 3 aliphatic rings. The van der Waals surface area contributed by atoms with E-state index in [1.54, 1.807) is 27.3 Å². The van der Waals surface area contributed by atoms with Crippen LogP contribution in [0, 0.1) is 0 Å². The third kappa shape index (κ3) is 2.76. The molecule has 7 heteroatoms. The Morgan fingerprint density at radius 1 is 1.03 bits per heavy atom. The van der Waals surface area contributed by atoms with E-state index >= 15 is 0 Å². The summed E-state index contributed by atoms with van der Waals surface area (Å²) in [5.74, 6) is 1.77. The van der Waals surface area contributed by atoms with Crippen molar-refractivity contribution >= 4 is 28.8 Å². The van der Waals surface area contributed by atoms with Crippen LogP contribution in [0.2, 0.25) is 0 Å². The third-order valence-electron chi connectivity index (χ3n) is 6.27. The number of nitrogens with zero attached hydrogens (tertiary/aromatic N) is 2. The van der Waals surface area contributed by atoms with Crippen LogP contribution in [-0.2, 0) is 16.0 Å². The molecule has 2 aliphatic heterocycles. The normalized spacial score (nSPS) is 22.5. The number of aliphatic imine (C=N–C) groups is 1. The summed E-state index contributed by atoms with van der Waals surface area (Å²) in [7, 11) is 4.84. The molecule has 0 aromatic heterocycles. The summed E-state index contributed by atoms with van der Waals surface area (Å²) in [5, 5.41) is 3.40. The topological polar surface area (TPSA) is 80.2 Å². The molecule has 5 rings (SSSR count). The molecule has 0 radical (unpaired) electrons. The second-order valence-electron chi connectivity index (χ2n) is 8.02. The van der Waals surface area contributed by atoms with Gasteiger partial charge >= 0.3 is 0 Å². The van der Waals surface area contributed by atoms with Crippen molar-refractivity contribution in [3.05, 3.63) is 59.3 Å². The summed E-state index contributed by atoms with van der Waals surface area (Å²) in [6, 6.07) is 13.5. The van der Waals surface area contributed by atoms with Gasteiger partial charge in [-0.25, -0.2) is 0 Å². The predicted octanol–water partition coefficient (Wildman–Crippen LogP) is 3.15. The molecular weight excluding hydrogens is 394 g/mol. The number of amidine groups is 1. The third-order valence-corrected chi connectivity index (χ3v) is 6.27. The molecule has 0 unspecified atom stereocenters. The number of benzene rings is 2. The number of rotatable bonds is 3. The van der Waals surface area contributed by atoms with Gasteiger partial charge in [0.1, 0.15) is 28.7 Å². The van der Waals surface area contributed by atoms with Gasteiger partial charge in [-0.15, -0.1) is 0 Å². The zero-order chi connectivity index (χ0) is 21.8. The minimum atomic E-state index is -0.956. The van der Waals surface area contributed by atoms with Gasteiger partial charge in [0.15, 0.2) is 5.78 Å². The minimum Gasteiger partial charge on any atom is -0.497 e. The van der Waals surface area contributed by atoms with Crippen LogP contribution in [0.25, 0.3) is 0 Å². The van der Waals surface area contributed by atoms with Crippen molar-refractivity contribution in [2.75, 3.05) is 31.5 Å². The quantitative estimate of drug-likeness (QED) is 0.773. The van der Waals surface area contributed by atoms with Crippen LogP contribution < -0.4 is 19.7 Å². The molecule has 1 aliphatic carbocycles. The number of anilines is 2. The fraction of sp³-hybridized carbons (Fsp3) is 0.292. The van der Waals surface area contributed by atoms with Crippen molar-refractivity contribution in [1.29, 1.82) is 0 Å². The molecule has 0 atom stereocenters. The Labute approximate surface area is 180 Å². The average molecular weight is 417 g/mol. The molecule has 1 spiro atoms. The molecule has 2 fully saturated rings. The van der Waals surface area contributed by atoms with Crippen LogP contribution in [0.1, 0.15) is 18.4 Å². The Morgan fingerprint density at radius 3 is 2.29 bits per heavy atom. The van der Waals surface area contributed by atoms with E-state index in [0.29, 0.717) is 35.0 Å². The Bertz CT molecular complexity index is 1120. The molecule has 0 bridgehead atoms. The maximum atomic E-state index is 13.8. The van der Waals surface area contributed by atoms with Gasteiger partial charge in [-0.1, -0.05) is 18.2 Å². The van der Waals surface area contributed by atoms with E-state index in [9.17, 15) is 9.59 Å². The Balaban J connectivity index is 1.68. The fourth-order valence-corrected chi connectivity index (χ4v) is 4.79. The van der Waals surface area contributed by atoms with Crippen molar-refractivity contribution in [2.45, 2.75) is 24.8 Å². The lowest BCUT2D eigenvalue weighted by Gasteiger charge is -2.43. The monoisotopic (exact) mass is 417 g/mol. The number of fused-ring (bicyclic) bond motifs is 1. The number of carbonyl (C=O) groups excluding carboxylic acids is 2. The van der Waals surface area contributed by atoms with Gasteiger partial charge in [-0.3, -0.25) is 14.6 Å². The number of hydrogen-bond donors (Lipinski definition) is 1. The maximum absolute atomic E-state index is 13.8. The number of ether oxygens (including phenoxy) is 2. The van der Waals surface area contributed by atoms with E-state index in [0.717, 1.165) is 16.9 Å². The fourth-order valence-electron chi connectivity index (χ4n) is 4.79. The van der Waals surface area contributed by atoms with E-state index in [-0.39, 0.29) is 24.4 Å². The molecule has 31 heavy (non-hydrogen) atoms. The highest BCUT2D eigenvalue weighted by molar-refractivity contribution is 6.40. The lowest BCUT2D eigenvalue weighted by molar-refractivity contribution is -0.135. The number of hydrogen-bond acceptors (Lipinski definition) is 6. The lowest BCUT2D eigenvalue weighted by Crippen LogP contribution is -2.59. The van der Waals surface area contributed by atoms with E-state index in [1.165, 1.54) is 0 Å². The summed E-state index contributed by atoms with van der Waals surface area (Å²) in [6.45, 7) is 0. The number of carbonyl (C=O) groups is 2. The number of methoxy groups -OCH3 is 2. The number of nitrogens with one attached hydrogen (secondary N) is 1. The van der Waals surface area contributed by atoms with E-state index in [4.69, 9.17) is 9.47 Å². The lowest BCUT2D eigenvalue weighted by atomic mass is 9.72. The number of ketones is 2. The first kappa shape index (κ1) is 19.4. The zero-order valence-corrected chi connectivity index (χ0v) is 17.7. The number of Topliss-reactive ketones (excluding diaryl/α,β-unsaturated/α-hetero) is 2. The molecule has 2 aromatic rings. The standard InChI is InChI=1S/C24H23N3O4/c1-25-23-21(20-8-14-6-4-5-7-19(14)26-20)22(29)24(12-16(28)13-24)27(23)15-9-17(30-2)11-18(10-15)31-3/h4-7,9-11,26H,8,12-13H2,1-3H3. The van der Waals surface area contributed by atoms with Crippen LogP contribution in [0.5, 0.6) is 11.5 Å². The van der Waals surface area contributed by atoms with Gasteiger partial charge < -0.3 is 19.7 Å². The second-order valence-corrected chi connectivity index (χ2v) is 8.02. The molecule has 1 saturated heterocycles. The minimum absolute atomic E-state index is 0.0650. The van der Waals surface area contributed by atoms with Crippen LogP contribution in [0.4, 0.5) is 11.4 Å². The van der Waals surface area contributed by atoms with E-state index in [2.05, 4.69) is 10.3 Å². The molecular formula is C24H23N3O4. The van der Waals surface area contributed by atoms with Crippen molar-refractivity contribution in [3.8, 4) is 11.5 Å². The van der Waals surface area contributed by atoms with Crippen LogP contribution >= 0.6 is 0 Å². The van der Waals surface area contributed by atoms with Crippen molar-refractivity contribution < 1.29 is 19.1 Å². The van der Waals surface area contributed by atoms with E-state index < -0.39 is 5.54 Å². The SMILES string of the molecule is CN=C1C(=C2Cc3ccccc3N2)C(=O)C2(CC(=O)C2)N1c1cc(OC)cc(OC)c1. The highest BCUT2D eigenvalue weighted by atomic mass is 16.5. The van der Waals surface area contributed by atoms with Gasteiger partial charge in [0, 0.05) is 55.9 Å². The summed E-state index contributed by atoms with van der Waals surface area (Å²) < 4.78 is 10.9. The zero-order valence-electron chi connectivity index (χ0n) is 17.7. The molecule has 2 aromatic carbocycles. The Kier molecular flexibility index (Phi) is 4.36. The number of allylic oxidation sites excluding steroid dienone is 1.